The van der Waals surface area contributed by atoms with Gasteiger partial charge in [-0.25, -0.2) is 8.42 Å². The molecule has 0 aromatic rings. The zero-order valence-corrected chi connectivity index (χ0v) is 12.6. The van der Waals surface area contributed by atoms with Gasteiger partial charge >= 0.3 is 0 Å². The number of methoxy groups -OCH3 is 1. The van der Waals surface area contributed by atoms with Gasteiger partial charge in [0.2, 0.25) is 0 Å². The fraction of sp³-hybridized carbons (Fsp3) is 1.00. The van der Waals surface area contributed by atoms with Crippen molar-refractivity contribution in [2.24, 2.45) is 5.73 Å². The van der Waals surface area contributed by atoms with Gasteiger partial charge in [0, 0.05) is 43.5 Å². The van der Waals surface area contributed by atoms with Gasteiger partial charge in [-0.2, -0.15) is 11.8 Å². The topological polar surface area (TPSA) is 72.6 Å². The van der Waals surface area contributed by atoms with Gasteiger partial charge in [0.25, 0.3) is 0 Å². The van der Waals surface area contributed by atoms with Gasteiger partial charge in [-0.1, -0.05) is 0 Å². The predicted octanol–water partition coefficient (Wildman–Crippen LogP) is -0.0878. The Morgan fingerprint density at radius 2 is 2.17 bits per heavy atom. The van der Waals surface area contributed by atoms with E-state index in [1.165, 1.54) is 6.26 Å². The first kappa shape index (κ1) is 14.6. The van der Waals surface area contributed by atoms with Crippen LogP contribution in [0.1, 0.15) is 12.8 Å². The first-order valence-corrected chi connectivity index (χ1v) is 9.30. The first-order chi connectivity index (χ1) is 8.43. The highest BCUT2D eigenvalue weighted by atomic mass is 32.2. The normalized spacial score (nSPS) is 38.4. The number of ether oxygens (including phenoxy) is 1. The van der Waals surface area contributed by atoms with Gasteiger partial charge in [-0.3, -0.25) is 4.90 Å². The summed E-state index contributed by atoms with van der Waals surface area (Å²) in [7, 11) is -1.36. The molecule has 2 aliphatic rings. The largest absolute Gasteiger partial charge is 0.381 e. The van der Waals surface area contributed by atoms with Gasteiger partial charge in [0.15, 0.2) is 9.84 Å². The van der Waals surface area contributed by atoms with Gasteiger partial charge in [-0.05, 0) is 12.8 Å². The molecule has 2 rings (SSSR count). The lowest BCUT2D eigenvalue weighted by atomic mass is 9.72. The first-order valence-electron chi connectivity index (χ1n) is 6.19. The summed E-state index contributed by atoms with van der Waals surface area (Å²) in [6, 6.07) is 0. The summed E-state index contributed by atoms with van der Waals surface area (Å²) in [4.78, 5) is 2.12. The van der Waals surface area contributed by atoms with E-state index < -0.39 is 15.2 Å². The Morgan fingerprint density at radius 3 is 2.67 bits per heavy atom. The van der Waals surface area contributed by atoms with Gasteiger partial charge in [-0.15, -0.1) is 0 Å². The van der Waals surface area contributed by atoms with E-state index in [1.807, 2.05) is 0 Å². The lowest BCUT2D eigenvalue weighted by Crippen LogP contribution is -2.69. The van der Waals surface area contributed by atoms with E-state index in [0.717, 1.165) is 25.1 Å². The Morgan fingerprint density at radius 1 is 1.50 bits per heavy atom. The molecule has 1 atom stereocenters. The maximum atomic E-state index is 11.9. The summed E-state index contributed by atoms with van der Waals surface area (Å²) < 4.78 is 29.2. The second-order valence-electron chi connectivity index (χ2n) is 5.25. The quantitative estimate of drug-likeness (QED) is 0.781. The number of thioether (sulfide) groups is 1. The summed E-state index contributed by atoms with van der Waals surface area (Å²) in [5.41, 5.74) is 5.75. The van der Waals surface area contributed by atoms with Crippen LogP contribution in [0.15, 0.2) is 0 Å². The standard InChI is InChI=1S/C11H22N2O3S2/c1-16-9-5-11(6-9,8-12)13-3-4-17-7-10(13)18(2,14)15/h9-10H,3-8,12H2,1-2H3. The minimum atomic E-state index is -3.06. The molecule has 1 saturated heterocycles. The molecule has 0 spiro atoms. The van der Waals surface area contributed by atoms with Crippen molar-refractivity contribution in [3.8, 4) is 0 Å². The lowest BCUT2D eigenvalue weighted by Gasteiger charge is -2.56. The van der Waals surface area contributed by atoms with E-state index >= 15 is 0 Å². The molecule has 0 amide bonds. The minimum Gasteiger partial charge on any atom is -0.381 e. The van der Waals surface area contributed by atoms with E-state index in [-0.39, 0.29) is 11.6 Å². The molecule has 1 saturated carbocycles. The van der Waals surface area contributed by atoms with Crippen LogP contribution >= 0.6 is 11.8 Å². The van der Waals surface area contributed by atoms with Gasteiger partial charge in [0.05, 0.1) is 6.10 Å². The number of hydrogen-bond donors (Lipinski definition) is 1. The average Bonchev–Trinajstić information content (AvgIpc) is 2.28. The number of hydrogen-bond acceptors (Lipinski definition) is 6. The monoisotopic (exact) mass is 294 g/mol. The fourth-order valence-electron chi connectivity index (χ4n) is 2.95. The Labute approximate surface area is 113 Å². The second-order valence-corrected chi connectivity index (χ2v) is 8.60. The molecule has 2 N–H and O–H groups in total. The maximum Gasteiger partial charge on any atom is 0.164 e. The summed E-state index contributed by atoms with van der Waals surface area (Å²) in [6.07, 6.45) is 3.24. The molecule has 0 aromatic carbocycles. The van der Waals surface area contributed by atoms with E-state index in [2.05, 4.69) is 4.90 Å². The third-order valence-corrected chi connectivity index (χ3v) is 6.76. The number of nitrogens with two attached hydrogens (primary N) is 1. The summed E-state index contributed by atoms with van der Waals surface area (Å²) in [6.45, 7) is 1.31. The second kappa shape index (κ2) is 5.28. The molecule has 0 aromatic heterocycles. The minimum absolute atomic E-state index is 0.171. The van der Waals surface area contributed by atoms with E-state index in [1.54, 1.807) is 18.9 Å². The predicted molar refractivity (Wildman–Crippen MR) is 74.5 cm³/mol. The van der Waals surface area contributed by atoms with Crippen LogP contribution in [-0.2, 0) is 14.6 Å². The smallest absolute Gasteiger partial charge is 0.164 e. The van der Waals surface area contributed by atoms with Crippen LogP contribution < -0.4 is 5.73 Å². The fourth-order valence-corrected chi connectivity index (χ4v) is 5.89. The molecule has 5 nitrogen and oxygen atoms in total. The van der Waals surface area contributed by atoms with Crippen LogP contribution in [-0.4, -0.2) is 68.3 Å². The summed E-state index contributed by atoms with van der Waals surface area (Å²) >= 11 is 1.71. The molecule has 0 radical (unpaired) electrons. The molecular weight excluding hydrogens is 272 g/mol. The molecular formula is C11H22N2O3S2. The SMILES string of the molecule is COC1CC(CN)(N2CCSCC2S(C)(=O)=O)C1. The number of rotatable bonds is 4. The van der Waals surface area contributed by atoms with Crippen molar-refractivity contribution in [1.82, 2.24) is 4.90 Å². The molecule has 1 aliphatic heterocycles. The lowest BCUT2D eigenvalue weighted by molar-refractivity contribution is -0.0889. The van der Waals surface area contributed by atoms with Crippen molar-refractivity contribution in [3.05, 3.63) is 0 Å². The third-order valence-electron chi connectivity index (χ3n) is 4.12. The van der Waals surface area contributed by atoms with Crippen molar-refractivity contribution in [1.29, 1.82) is 0 Å². The molecule has 0 bridgehead atoms. The van der Waals surface area contributed by atoms with Crippen LogP contribution in [0.5, 0.6) is 0 Å². The van der Waals surface area contributed by atoms with E-state index in [9.17, 15) is 8.42 Å². The Kier molecular flexibility index (Phi) is 4.28. The highest BCUT2D eigenvalue weighted by Gasteiger charge is 2.52. The maximum absolute atomic E-state index is 11.9. The van der Waals surface area contributed by atoms with Crippen molar-refractivity contribution in [2.75, 3.05) is 38.0 Å². The van der Waals surface area contributed by atoms with E-state index in [0.29, 0.717) is 12.3 Å². The van der Waals surface area contributed by atoms with Gasteiger partial charge < -0.3 is 10.5 Å². The Hall–Kier alpha value is 0.180. The highest BCUT2D eigenvalue weighted by molar-refractivity contribution is 8.00. The molecule has 7 heteroatoms. The van der Waals surface area contributed by atoms with E-state index in [4.69, 9.17) is 10.5 Å². The number of nitrogens with zero attached hydrogens (tertiary/aromatic N) is 1. The molecule has 1 heterocycles. The Balaban J connectivity index is 2.18. The molecule has 106 valence electrons. The number of sulfone groups is 1. The van der Waals surface area contributed by atoms with Crippen molar-refractivity contribution in [2.45, 2.75) is 29.9 Å². The average molecular weight is 294 g/mol. The van der Waals surface area contributed by atoms with Crippen LogP contribution in [0.25, 0.3) is 0 Å². The van der Waals surface area contributed by atoms with Crippen LogP contribution in [0.4, 0.5) is 0 Å². The van der Waals surface area contributed by atoms with Crippen molar-refractivity contribution < 1.29 is 13.2 Å². The molecule has 2 fully saturated rings. The summed E-state index contributed by atoms with van der Waals surface area (Å²) in [5, 5.41) is -0.391. The van der Waals surface area contributed by atoms with Crippen LogP contribution in [0.2, 0.25) is 0 Å². The highest BCUT2D eigenvalue weighted by Crippen LogP contribution is 2.42. The molecule has 18 heavy (non-hydrogen) atoms. The zero-order chi connectivity index (χ0) is 13.4. The molecule has 1 aliphatic carbocycles. The van der Waals surface area contributed by atoms with Crippen molar-refractivity contribution in [3.63, 3.8) is 0 Å². The Bertz CT molecular complexity index is 393. The van der Waals surface area contributed by atoms with Crippen molar-refractivity contribution >= 4 is 21.6 Å². The zero-order valence-electron chi connectivity index (χ0n) is 11.0. The van der Waals surface area contributed by atoms with Crippen LogP contribution in [0, 0.1) is 0 Å². The third kappa shape index (κ3) is 2.56. The van der Waals surface area contributed by atoms with Crippen LogP contribution in [0.3, 0.4) is 0 Å². The molecule has 1 unspecified atom stereocenters. The van der Waals surface area contributed by atoms with Gasteiger partial charge in [0.1, 0.15) is 5.37 Å². The summed E-state index contributed by atoms with van der Waals surface area (Å²) in [5.74, 6) is 1.63.